The molecule has 0 fully saturated rings. The molecule has 2 aromatic heterocycles. The predicted molar refractivity (Wildman–Crippen MR) is 33.0 cm³/mol. The van der Waals surface area contributed by atoms with E-state index in [1.54, 1.807) is 23.0 Å². The summed E-state index contributed by atoms with van der Waals surface area (Å²) in [5.74, 6) is 0. The Kier molecular flexibility index (Phi) is 0.621. The van der Waals surface area contributed by atoms with Crippen LogP contribution in [0.2, 0.25) is 0 Å². The Morgan fingerprint density at radius 2 is 2.56 bits per heavy atom. The standard InChI is InChI=1S/C6H5N3/c1-3-9-4-2-8-6(9)5-7-1/h1-5H/i4D. The van der Waals surface area contributed by atoms with Crippen LogP contribution in [0.15, 0.2) is 31.0 Å². The largest absolute Gasteiger partial charge is 0.304 e. The van der Waals surface area contributed by atoms with Gasteiger partial charge < -0.3 is 4.40 Å². The van der Waals surface area contributed by atoms with Gasteiger partial charge in [0.1, 0.15) is 0 Å². The van der Waals surface area contributed by atoms with Gasteiger partial charge in [0.05, 0.1) is 7.57 Å². The van der Waals surface area contributed by atoms with Crippen molar-refractivity contribution < 1.29 is 1.37 Å². The van der Waals surface area contributed by atoms with E-state index in [0.717, 1.165) is 0 Å². The van der Waals surface area contributed by atoms with Crippen LogP contribution in [0.1, 0.15) is 1.37 Å². The first-order valence-electron chi connectivity index (χ1n) is 3.11. The summed E-state index contributed by atoms with van der Waals surface area (Å²) < 4.78 is 8.98. The van der Waals surface area contributed by atoms with Crippen molar-refractivity contribution in [2.75, 3.05) is 0 Å². The van der Waals surface area contributed by atoms with Crippen LogP contribution in [-0.2, 0) is 0 Å². The summed E-state index contributed by atoms with van der Waals surface area (Å²) in [7, 11) is 0. The maximum Gasteiger partial charge on any atom is 0.155 e. The van der Waals surface area contributed by atoms with E-state index < -0.39 is 0 Å². The zero-order chi connectivity index (χ0) is 6.97. The predicted octanol–water partition coefficient (Wildman–Crippen LogP) is 0.729. The quantitative estimate of drug-likeness (QED) is 0.513. The summed E-state index contributed by atoms with van der Waals surface area (Å²) >= 11 is 0. The summed E-state index contributed by atoms with van der Waals surface area (Å²) in [6.45, 7) is 0. The number of aromatic nitrogens is 3. The van der Waals surface area contributed by atoms with E-state index in [0.29, 0.717) is 11.8 Å². The van der Waals surface area contributed by atoms with E-state index in [1.165, 1.54) is 6.20 Å². The van der Waals surface area contributed by atoms with Crippen molar-refractivity contribution in [3.05, 3.63) is 31.0 Å². The van der Waals surface area contributed by atoms with E-state index in [1.807, 2.05) is 0 Å². The van der Waals surface area contributed by atoms with Crippen molar-refractivity contribution >= 4 is 5.65 Å². The molecule has 0 saturated heterocycles. The van der Waals surface area contributed by atoms with Gasteiger partial charge in [-0.3, -0.25) is 4.98 Å². The molecule has 2 heterocycles. The molecule has 0 saturated carbocycles. The summed E-state index contributed by atoms with van der Waals surface area (Å²) in [6.07, 6.45) is 6.85. The molecule has 0 spiro atoms. The molecule has 0 aromatic carbocycles. The highest BCUT2D eigenvalue weighted by Gasteiger charge is 1.86. The molecular weight excluding hydrogens is 114 g/mol. The van der Waals surface area contributed by atoms with Gasteiger partial charge in [0.25, 0.3) is 0 Å². The molecule has 2 aromatic rings. The summed E-state index contributed by atoms with van der Waals surface area (Å²) in [5, 5.41) is 0. The Hall–Kier alpha value is -1.38. The molecule has 44 valence electrons. The second-order valence-corrected chi connectivity index (χ2v) is 1.69. The monoisotopic (exact) mass is 120 g/mol. The molecule has 0 radical (unpaired) electrons. The zero-order valence-electron chi connectivity index (χ0n) is 5.65. The van der Waals surface area contributed by atoms with Crippen LogP contribution in [0.25, 0.3) is 5.65 Å². The number of rotatable bonds is 0. The second-order valence-electron chi connectivity index (χ2n) is 1.69. The van der Waals surface area contributed by atoms with E-state index in [2.05, 4.69) is 9.97 Å². The van der Waals surface area contributed by atoms with Crippen LogP contribution in [0.3, 0.4) is 0 Å². The van der Waals surface area contributed by atoms with Gasteiger partial charge in [0, 0.05) is 24.8 Å². The fourth-order valence-corrected chi connectivity index (χ4v) is 0.715. The van der Waals surface area contributed by atoms with E-state index in [-0.39, 0.29) is 0 Å². The third kappa shape index (κ3) is 0.579. The average Bonchev–Trinajstić information content (AvgIpc) is 2.34. The lowest BCUT2D eigenvalue weighted by molar-refractivity contribution is 1.13. The van der Waals surface area contributed by atoms with Gasteiger partial charge in [-0.05, 0) is 0 Å². The molecule has 0 aliphatic heterocycles. The minimum Gasteiger partial charge on any atom is -0.304 e. The van der Waals surface area contributed by atoms with Gasteiger partial charge in [-0.25, -0.2) is 4.98 Å². The van der Waals surface area contributed by atoms with Gasteiger partial charge in [0.2, 0.25) is 0 Å². The third-order valence-electron chi connectivity index (χ3n) is 1.13. The number of hydrogen-bond acceptors (Lipinski definition) is 2. The molecule has 0 aliphatic rings. The molecule has 3 heteroatoms. The summed E-state index contributed by atoms with van der Waals surface area (Å²) in [4.78, 5) is 7.79. The van der Waals surface area contributed by atoms with Crippen LogP contribution in [-0.4, -0.2) is 14.4 Å². The van der Waals surface area contributed by atoms with E-state index in [4.69, 9.17) is 1.37 Å². The highest BCUT2D eigenvalue weighted by Crippen LogP contribution is 1.93. The molecule has 0 amide bonds. The molecule has 0 N–H and O–H groups in total. The Bertz CT molecular complexity index is 355. The van der Waals surface area contributed by atoms with Crippen molar-refractivity contribution in [1.82, 2.24) is 14.4 Å². The number of nitrogens with zero attached hydrogens (tertiary/aromatic N) is 3. The first kappa shape index (κ1) is 3.61. The van der Waals surface area contributed by atoms with Crippen LogP contribution in [0.5, 0.6) is 0 Å². The van der Waals surface area contributed by atoms with Gasteiger partial charge in [0.15, 0.2) is 5.65 Å². The van der Waals surface area contributed by atoms with Gasteiger partial charge in [-0.15, -0.1) is 0 Å². The molecule has 2 rings (SSSR count). The number of imidazole rings is 1. The Balaban J connectivity index is 2.93. The molecule has 0 atom stereocenters. The van der Waals surface area contributed by atoms with Gasteiger partial charge >= 0.3 is 0 Å². The fourth-order valence-electron chi connectivity index (χ4n) is 0.715. The van der Waals surface area contributed by atoms with Crippen molar-refractivity contribution in [2.24, 2.45) is 0 Å². The maximum atomic E-state index is 7.32. The van der Waals surface area contributed by atoms with Crippen LogP contribution in [0, 0.1) is 0 Å². The van der Waals surface area contributed by atoms with Crippen molar-refractivity contribution in [3.8, 4) is 0 Å². The van der Waals surface area contributed by atoms with Crippen LogP contribution < -0.4 is 0 Å². The lowest BCUT2D eigenvalue weighted by atomic mass is 10.7. The van der Waals surface area contributed by atoms with Crippen molar-refractivity contribution in [2.45, 2.75) is 0 Å². The zero-order valence-corrected chi connectivity index (χ0v) is 4.65. The minimum atomic E-state index is 0.386. The lowest BCUT2D eigenvalue weighted by Gasteiger charge is -1.86. The Morgan fingerprint density at radius 1 is 1.56 bits per heavy atom. The topological polar surface area (TPSA) is 30.2 Å². The van der Waals surface area contributed by atoms with Crippen molar-refractivity contribution in [1.29, 1.82) is 0 Å². The second kappa shape index (κ2) is 1.55. The number of fused-ring (bicyclic) bond motifs is 1. The van der Waals surface area contributed by atoms with Gasteiger partial charge in [-0.2, -0.15) is 0 Å². The van der Waals surface area contributed by atoms with Gasteiger partial charge in [-0.1, -0.05) is 0 Å². The highest BCUT2D eigenvalue weighted by molar-refractivity contribution is 5.33. The lowest BCUT2D eigenvalue weighted by Crippen LogP contribution is -1.81. The van der Waals surface area contributed by atoms with Crippen LogP contribution in [0.4, 0.5) is 0 Å². The molecule has 0 aliphatic carbocycles. The first-order valence-corrected chi connectivity index (χ1v) is 2.61. The molecule has 9 heavy (non-hydrogen) atoms. The van der Waals surface area contributed by atoms with E-state index in [9.17, 15) is 0 Å². The molecule has 0 unspecified atom stereocenters. The number of hydrogen-bond donors (Lipinski definition) is 0. The Morgan fingerprint density at radius 3 is 3.44 bits per heavy atom. The third-order valence-corrected chi connectivity index (χ3v) is 1.13. The smallest absolute Gasteiger partial charge is 0.155 e. The van der Waals surface area contributed by atoms with Crippen LogP contribution >= 0.6 is 0 Å². The van der Waals surface area contributed by atoms with E-state index >= 15 is 0 Å². The summed E-state index contributed by atoms with van der Waals surface area (Å²) in [5.41, 5.74) is 0.715. The summed E-state index contributed by atoms with van der Waals surface area (Å²) in [6, 6.07) is 0. The maximum absolute atomic E-state index is 7.32. The molecular formula is C6H5N3. The normalized spacial score (nSPS) is 11.8. The SMILES string of the molecule is [2H]c1cnc2cnccn12. The average molecular weight is 120 g/mol. The Labute approximate surface area is 53.4 Å². The minimum absolute atomic E-state index is 0.386. The molecule has 3 nitrogen and oxygen atoms in total. The van der Waals surface area contributed by atoms with Crippen molar-refractivity contribution in [3.63, 3.8) is 0 Å². The first-order chi connectivity index (χ1) is 4.88. The highest BCUT2D eigenvalue weighted by atomic mass is 15.0. The molecule has 0 bridgehead atoms. The fraction of sp³-hybridized carbons (Fsp3) is 0.